The summed E-state index contributed by atoms with van der Waals surface area (Å²) < 4.78 is 0. The number of piperidine rings is 1. The molecule has 2 aliphatic heterocycles. The molecule has 3 aromatic rings. The Morgan fingerprint density at radius 2 is 1.88 bits per heavy atom. The fourth-order valence-corrected chi connectivity index (χ4v) is 6.76. The Morgan fingerprint density at radius 1 is 1.05 bits per heavy atom. The van der Waals surface area contributed by atoms with Gasteiger partial charge in [0.05, 0.1) is 17.1 Å². The van der Waals surface area contributed by atoms with Gasteiger partial charge < -0.3 is 15.1 Å². The topological polar surface area (TPSA) is 52.7 Å². The van der Waals surface area contributed by atoms with Crippen LogP contribution in [0.5, 0.6) is 0 Å². The van der Waals surface area contributed by atoms with Crippen molar-refractivity contribution in [3.8, 4) is 0 Å². The molecular formula is C34H39N3O2S. The molecule has 0 aromatic heterocycles. The highest BCUT2D eigenvalue weighted by atomic mass is 32.2. The molecule has 1 unspecified atom stereocenters. The second kappa shape index (κ2) is 13.3. The highest BCUT2D eigenvalue weighted by molar-refractivity contribution is 8.04. The van der Waals surface area contributed by atoms with Gasteiger partial charge in [0.2, 0.25) is 0 Å². The number of likely N-dealkylation sites (tertiary alicyclic amines) is 1. The van der Waals surface area contributed by atoms with Crippen LogP contribution in [0.15, 0.2) is 82.6 Å². The van der Waals surface area contributed by atoms with Gasteiger partial charge in [-0.05, 0) is 80.6 Å². The summed E-state index contributed by atoms with van der Waals surface area (Å²) in [6.07, 6.45) is 8.02. The summed E-state index contributed by atoms with van der Waals surface area (Å²) in [7, 11) is 0. The Labute approximate surface area is 242 Å². The zero-order valence-electron chi connectivity index (χ0n) is 23.6. The molecule has 1 atom stereocenters. The van der Waals surface area contributed by atoms with Crippen LogP contribution < -0.4 is 10.2 Å². The Balaban J connectivity index is 1.22. The van der Waals surface area contributed by atoms with Crippen LogP contribution in [0.25, 0.3) is 6.08 Å². The van der Waals surface area contributed by atoms with Crippen LogP contribution in [0.3, 0.4) is 0 Å². The number of hydrogen-bond donors (Lipinski definition) is 1. The first-order valence-corrected chi connectivity index (χ1v) is 15.3. The van der Waals surface area contributed by atoms with E-state index in [1.165, 1.54) is 49.6 Å². The summed E-state index contributed by atoms with van der Waals surface area (Å²) in [6, 6.07) is 24.6. The quantitative estimate of drug-likeness (QED) is 0.228. The third kappa shape index (κ3) is 6.86. The summed E-state index contributed by atoms with van der Waals surface area (Å²) in [5.41, 5.74) is 4.76. The molecule has 5 rings (SSSR count). The number of anilines is 1. The van der Waals surface area contributed by atoms with Gasteiger partial charge >= 0.3 is 0 Å². The van der Waals surface area contributed by atoms with E-state index in [1.807, 2.05) is 59.5 Å². The van der Waals surface area contributed by atoms with Crippen LogP contribution in [0.2, 0.25) is 0 Å². The van der Waals surface area contributed by atoms with Gasteiger partial charge in [-0.1, -0.05) is 79.2 Å². The highest BCUT2D eigenvalue weighted by Crippen LogP contribution is 2.42. The van der Waals surface area contributed by atoms with E-state index in [9.17, 15) is 9.59 Å². The molecule has 1 N–H and O–H groups in total. The Hall–Kier alpha value is -3.35. The van der Waals surface area contributed by atoms with Gasteiger partial charge in [-0.25, -0.2) is 0 Å². The maximum Gasteiger partial charge on any atom is 0.265 e. The zero-order chi connectivity index (χ0) is 27.9. The SMILES string of the molecule is CCC1CCCCN1CCCNC(=O)c1ccc(/C=C2\Sc3ccccc3N(Cc3cccc(C)c3)C2=O)cc1. The number of carbonyl (C=O) groups is 2. The first-order chi connectivity index (χ1) is 19.5. The summed E-state index contributed by atoms with van der Waals surface area (Å²) in [6.45, 7) is 7.76. The fraction of sp³-hybridized carbons (Fsp3) is 0.353. The van der Waals surface area contributed by atoms with Crippen molar-refractivity contribution in [2.45, 2.75) is 63.4 Å². The van der Waals surface area contributed by atoms with E-state index < -0.39 is 0 Å². The van der Waals surface area contributed by atoms with Crippen molar-refractivity contribution in [3.63, 3.8) is 0 Å². The second-order valence-electron chi connectivity index (χ2n) is 10.8. The van der Waals surface area contributed by atoms with Crippen molar-refractivity contribution in [2.24, 2.45) is 0 Å². The van der Waals surface area contributed by atoms with Crippen molar-refractivity contribution < 1.29 is 9.59 Å². The normalized spacial score (nSPS) is 18.6. The van der Waals surface area contributed by atoms with Crippen molar-refractivity contribution in [1.82, 2.24) is 10.2 Å². The smallest absolute Gasteiger partial charge is 0.265 e. The number of hydrogen-bond acceptors (Lipinski definition) is 4. The number of thioether (sulfide) groups is 1. The van der Waals surface area contributed by atoms with Crippen molar-refractivity contribution in [2.75, 3.05) is 24.5 Å². The Bertz CT molecular complexity index is 1370. The first-order valence-electron chi connectivity index (χ1n) is 14.5. The molecule has 0 bridgehead atoms. The Morgan fingerprint density at radius 3 is 2.67 bits per heavy atom. The predicted octanol–water partition coefficient (Wildman–Crippen LogP) is 7.06. The van der Waals surface area contributed by atoms with Gasteiger partial charge in [-0.2, -0.15) is 0 Å². The average molecular weight is 554 g/mol. The number of para-hydroxylation sites is 1. The molecule has 40 heavy (non-hydrogen) atoms. The summed E-state index contributed by atoms with van der Waals surface area (Å²) in [5, 5.41) is 3.08. The lowest BCUT2D eigenvalue weighted by atomic mass is 10.00. The number of carbonyl (C=O) groups excluding carboxylic acids is 2. The van der Waals surface area contributed by atoms with Crippen LogP contribution in [0.1, 0.15) is 66.1 Å². The van der Waals surface area contributed by atoms with Crippen LogP contribution in [0.4, 0.5) is 5.69 Å². The summed E-state index contributed by atoms with van der Waals surface area (Å²) in [4.78, 5) is 32.6. The van der Waals surface area contributed by atoms with E-state index in [0.29, 0.717) is 29.6 Å². The van der Waals surface area contributed by atoms with E-state index >= 15 is 0 Å². The number of nitrogens with one attached hydrogen (secondary N) is 1. The molecule has 0 saturated carbocycles. The van der Waals surface area contributed by atoms with Crippen LogP contribution in [0, 0.1) is 6.92 Å². The average Bonchev–Trinajstić information content (AvgIpc) is 2.98. The number of benzene rings is 3. The molecule has 0 radical (unpaired) electrons. The van der Waals surface area contributed by atoms with E-state index in [2.05, 4.69) is 48.3 Å². The monoisotopic (exact) mass is 553 g/mol. The maximum absolute atomic E-state index is 13.6. The number of nitrogens with zero attached hydrogens (tertiary/aromatic N) is 2. The molecule has 1 saturated heterocycles. The van der Waals surface area contributed by atoms with Gasteiger partial charge in [0.15, 0.2) is 0 Å². The van der Waals surface area contributed by atoms with E-state index in [1.54, 1.807) is 0 Å². The molecule has 208 valence electrons. The molecule has 2 aliphatic rings. The number of fused-ring (bicyclic) bond motifs is 1. The number of aryl methyl sites for hydroxylation is 1. The van der Waals surface area contributed by atoms with Crippen molar-refractivity contribution in [1.29, 1.82) is 0 Å². The second-order valence-corrected chi connectivity index (χ2v) is 11.9. The van der Waals surface area contributed by atoms with E-state index in [0.717, 1.165) is 34.7 Å². The lowest BCUT2D eigenvalue weighted by molar-refractivity contribution is -0.114. The minimum absolute atomic E-state index is 0.00829. The van der Waals surface area contributed by atoms with Gasteiger partial charge in [0.1, 0.15) is 0 Å². The highest BCUT2D eigenvalue weighted by Gasteiger charge is 2.29. The third-order valence-corrected chi connectivity index (χ3v) is 8.93. The largest absolute Gasteiger partial charge is 0.352 e. The molecule has 6 heteroatoms. The molecule has 2 heterocycles. The summed E-state index contributed by atoms with van der Waals surface area (Å²) >= 11 is 1.50. The van der Waals surface area contributed by atoms with Crippen molar-refractivity contribution >= 4 is 35.3 Å². The molecule has 0 aliphatic carbocycles. The molecule has 2 amide bonds. The van der Waals surface area contributed by atoms with Gasteiger partial charge in [0.25, 0.3) is 11.8 Å². The van der Waals surface area contributed by atoms with E-state index in [4.69, 9.17) is 0 Å². The molecular weight excluding hydrogens is 514 g/mol. The molecule has 5 nitrogen and oxygen atoms in total. The number of rotatable bonds is 9. The van der Waals surface area contributed by atoms with Gasteiger partial charge in [-0.3, -0.25) is 9.59 Å². The van der Waals surface area contributed by atoms with Crippen LogP contribution in [-0.2, 0) is 11.3 Å². The summed E-state index contributed by atoms with van der Waals surface area (Å²) in [5.74, 6) is -0.0580. The maximum atomic E-state index is 13.6. The molecule has 3 aromatic carbocycles. The molecule has 0 spiro atoms. The van der Waals surface area contributed by atoms with Crippen molar-refractivity contribution in [3.05, 3.63) is 100.0 Å². The van der Waals surface area contributed by atoms with Gasteiger partial charge in [-0.15, -0.1) is 0 Å². The third-order valence-electron chi connectivity index (χ3n) is 7.85. The predicted molar refractivity (Wildman–Crippen MR) is 166 cm³/mol. The van der Waals surface area contributed by atoms with Crippen LogP contribution >= 0.6 is 11.8 Å². The minimum atomic E-state index is -0.0498. The standard InChI is InChI=1S/C34H39N3O2S/c1-3-29-12-6-7-20-36(29)21-9-19-35-33(38)28-17-15-26(16-18-28)23-32-34(39)37(24-27-11-8-10-25(2)22-27)30-13-4-5-14-31(30)40-32/h4-5,8,10-11,13-18,22-23,29H,3,6-7,9,12,19-21,24H2,1-2H3,(H,35,38)/b32-23-. The number of amides is 2. The molecule has 1 fully saturated rings. The fourth-order valence-electron chi connectivity index (χ4n) is 5.70. The lowest BCUT2D eigenvalue weighted by Gasteiger charge is -2.35. The zero-order valence-corrected chi connectivity index (χ0v) is 24.4. The van der Waals surface area contributed by atoms with Crippen LogP contribution in [-0.4, -0.2) is 42.4 Å². The van der Waals surface area contributed by atoms with Gasteiger partial charge in [0, 0.05) is 29.6 Å². The Kier molecular flexibility index (Phi) is 9.40. The minimum Gasteiger partial charge on any atom is -0.352 e. The first kappa shape index (κ1) is 28.2. The lowest BCUT2D eigenvalue weighted by Crippen LogP contribution is -2.40. The van der Waals surface area contributed by atoms with E-state index in [-0.39, 0.29) is 11.8 Å².